The molecule has 2 aliphatic heterocycles. The number of nitrogens with zero attached hydrogens (tertiary/aromatic N) is 2. The van der Waals surface area contributed by atoms with Gasteiger partial charge in [0.15, 0.2) is 0 Å². The van der Waals surface area contributed by atoms with Gasteiger partial charge in [-0.1, -0.05) is 37.3 Å². The number of nitrogens with two attached hydrogens (primary N) is 1. The molecular weight excluding hydrogens is 326 g/mol. The summed E-state index contributed by atoms with van der Waals surface area (Å²) >= 11 is 0. The van der Waals surface area contributed by atoms with Gasteiger partial charge in [0.05, 0.1) is 5.92 Å². The molecule has 3 atom stereocenters. The lowest BCUT2D eigenvalue weighted by Crippen LogP contribution is -2.46. The van der Waals surface area contributed by atoms with E-state index in [0.717, 1.165) is 38.9 Å². The summed E-state index contributed by atoms with van der Waals surface area (Å²) in [6.45, 7) is 5.46. The van der Waals surface area contributed by atoms with Gasteiger partial charge in [0.25, 0.3) is 0 Å². The number of carbonyl (C=O) groups excluding carboxylic acids is 2. The first-order valence-corrected chi connectivity index (χ1v) is 9.95. The Morgan fingerprint density at radius 1 is 1.12 bits per heavy atom. The molecular formula is C21H31N3O2. The first-order valence-electron chi connectivity index (χ1n) is 9.95. The molecule has 1 aromatic rings. The number of hydrogen-bond donors (Lipinski definition) is 1. The number of carbonyl (C=O) groups is 2. The molecule has 2 amide bonds. The van der Waals surface area contributed by atoms with Crippen LogP contribution in [-0.2, 0) is 9.59 Å². The smallest absolute Gasteiger partial charge is 0.227 e. The largest absolute Gasteiger partial charge is 0.342 e. The summed E-state index contributed by atoms with van der Waals surface area (Å²) in [4.78, 5) is 29.2. The second-order valence-corrected chi connectivity index (χ2v) is 7.69. The minimum atomic E-state index is -0.0579. The maximum atomic E-state index is 13.1. The van der Waals surface area contributed by atoms with Crippen LogP contribution in [0.15, 0.2) is 30.3 Å². The van der Waals surface area contributed by atoms with Crippen molar-refractivity contribution in [3.8, 4) is 0 Å². The van der Waals surface area contributed by atoms with E-state index < -0.39 is 0 Å². The first-order chi connectivity index (χ1) is 12.6. The third kappa shape index (κ3) is 4.09. The monoisotopic (exact) mass is 357 g/mol. The average molecular weight is 357 g/mol. The van der Waals surface area contributed by atoms with Crippen molar-refractivity contribution in [2.45, 2.75) is 38.5 Å². The fourth-order valence-electron chi connectivity index (χ4n) is 4.40. The lowest BCUT2D eigenvalue weighted by Gasteiger charge is -2.34. The van der Waals surface area contributed by atoms with Gasteiger partial charge in [0.2, 0.25) is 11.8 Å². The normalized spacial score (nSPS) is 26.2. The van der Waals surface area contributed by atoms with E-state index in [1.165, 1.54) is 5.56 Å². The van der Waals surface area contributed by atoms with E-state index in [-0.39, 0.29) is 17.7 Å². The Hall–Kier alpha value is -1.88. The predicted octanol–water partition coefficient (Wildman–Crippen LogP) is 2.23. The summed E-state index contributed by atoms with van der Waals surface area (Å²) in [5, 5.41) is 0. The maximum Gasteiger partial charge on any atom is 0.227 e. The van der Waals surface area contributed by atoms with Crippen LogP contribution in [0.5, 0.6) is 0 Å². The Morgan fingerprint density at radius 3 is 2.58 bits per heavy atom. The molecule has 2 fully saturated rings. The summed E-state index contributed by atoms with van der Waals surface area (Å²) in [5.41, 5.74) is 7.27. The molecule has 0 aliphatic carbocycles. The van der Waals surface area contributed by atoms with Crippen LogP contribution in [0.2, 0.25) is 0 Å². The molecule has 5 heteroatoms. The molecule has 5 nitrogen and oxygen atoms in total. The molecule has 2 heterocycles. The third-order valence-corrected chi connectivity index (χ3v) is 5.87. The third-order valence-electron chi connectivity index (χ3n) is 5.87. The topological polar surface area (TPSA) is 66.6 Å². The minimum Gasteiger partial charge on any atom is -0.342 e. The minimum absolute atomic E-state index is 0.0579. The average Bonchev–Trinajstić information content (AvgIpc) is 3.13. The van der Waals surface area contributed by atoms with Crippen LogP contribution in [0.25, 0.3) is 0 Å². The maximum absolute atomic E-state index is 13.1. The van der Waals surface area contributed by atoms with Crippen LogP contribution in [-0.4, -0.2) is 54.3 Å². The van der Waals surface area contributed by atoms with E-state index in [4.69, 9.17) is 5.73 Å². The van der Waals surface area contributed by atoms with Crippen molar-refractivity contribution >= 4 is 11.8 Å². The Morgan fingerprint density at radius 2 is 1.88 bits per heavy atom. The van der Waals surface area contributed by atoms with Gasteiger partial charge in [-0.25, -0.2) is 0 Å². The quantitative estimate of drug-likeness (QED) is 0.879. The zero-order valence-electron chi connectivity index (χ0n) is 15.8. The van der Waals surface area contributed by atoms with Crippen molar-refractivity contribution in [3.63, 3.8) is 0 Å². The van der Waals surface area contributed by atoms with Gasteiger partial charge in [-0.15, -0.1) is 0 Å². The van der Waals surface area contributed by atoms with Crippen molar-refractivity contribution in [3.05, 3.63) is 35.9 Å². The van der Waals surface area contributed by atoms with Gasteiger partial charge in [-0.2, -0.15) is 0 Å². The molecule has 26 heavy (non-hydrogen) atoms. The van der Waals surface area contributed by atoms with Crippen LogP contribution in [0, 0.1) is 11.8 Å². The second-order valence-electron chi connectivity index (χ2n) is 7.69. The van der Waals surface area contributed by atoms with Gasteiger partial charge < -0.3 is 15.5 Å². The molecule has 0 aromatic heterocycles. The Labute approximate surface area is 156 Å². The van der Waals surface area contributed by atoms with E-state index in [2.05, 4.69) is 12.1 Å². The van der Waals surface area contributed by atoms with Crippen molar-refractivity contribution in [1.82, 2.24) is 9.80 Å². The fraction of sp³-hybridized carbons (Fsp3) is 0.619. The number of hydrogen-bond acceptors (Lipinski definition) is 3. The number of amides is 2. The summed E-state index contributed by atoms with van der Waals surface area (Å²) < 4.78 is 0. The van der Waals surface area contributed by atoms with E-state index in [1.807, 2.05) is 34.9 Å². The lowest BCUT2D eigenvalue weighted by molar-refractivity contribution is -0.140. The number of piperidine rings is 1. The fourth-order valence-corrected chi connectivity index (χ4v) is 4.40. The zero-order valence-corrected chi connectivity index (χ0v) is 15.8. The molecule has 2 N–H and O–H groups in total. The van der Waals surface area contributed by atoms with E-state index >= 15 is 0 Å². The highest BCUT2D eigenvalue weighted by Gasteiger charge is 2.38. The van der Waals surface area contributed by atoms with Gasteiger partial charge in [0, 0.05) is 38.5 Å². The Balaban J connectivity index is 1.65. The summed E-state index contributed by atoms with van der Waals surface area (Å²) in [7, 11) is 0. The summed E-state index contributed by atoms with van der Waals surface area (Å²) in [5.74, 6) is 0.955. The molecule has 0 saturated carbocycles. The van der Waals surface area contributed by atoms with Gasteiger partial charge in [-0.05, 0) is 37.3 Å². The lowest BCUT2D eigenvalue weighted by atomic mass is 9.89. The van der Waals surface area contributed by atoms with Gasteiger partial charge in [-0.3, -0.25) is 9.59 Å². The van der Waals surface area contributed by atoms with E-state index in [1.54, 1.807) is 0 Å². The van der Waals surface area contributed by atoms with Crippen LogP contribution in [0.4, 0.5) is 0 Å². The molecule has 2 saturated heterocycles. The second kappa shape index (κ2) is 8.67. The Bertz CT molecular complexity index is 619. The summed E-state index contributed by atoms with van der Waals surface area (Å²) in [6, 6.07) is 10.4. The first kappa shape index (κ1) is 18.9. The highest BCUT2D eigenvalue weighted by Crippen LogP contribution is 2.33. The molecule has 0 radical (unpaired) electrons. The van der Waals surface area contributed by atoms with Crippen molar-refractivity contribution < 1.29 is 9.59 Å². The number of rotatable bonds is 5. The molecule has 3 rings (SSSR count). The van der Waals surface area contributed by atoms with Crippen LogP contribution < -0.4 is 5.73 Å². The van der Waals surface area contributed by atoms with E-state index in [0.29, 0.717) is 31.3 Å². The van der Waals surface area contributed by atoms with E-state index in [9.17, 15) is 9.59 Å². The van der Waals surface area contributed by atoms with Gasteiger partial charge in [0.1, 0.15) is 0 Å². The molecule has 1 aromatic carbocycles. The molecule has 0 spiro atoms. The zero-order chi connectivity index (χ0) is 18.5. The predicted molar refractivity (Wildman–Crippen MR) is 103 cm³/mol. The molecule has 1 unspecified atom stereocenters. The SMILES string of the molecule is CCCC(=O)N1CCCC(C(=O)N2C[C@@H](CN)[C@H](c3ccccc3)C2)C1. The summed E-state index contributed by atoms with van der Waals surface area (Å²) in [6.07, 6.45) is 3.24. The molecule has 0 bridgehead atoms. The number of benzene rings is 1. The van der Waals surface area contributed by atoms with Gasteiger partial charge >= 0.3 is 0 Å². The van der Waals surface area contributed by atoms with Crippen LogP contribution in [0.1, 0.15) is 44.1 Å². The highest BCUT2D eigenvalue weighted by molar-refractivity contribution is 5.81. The van der Waals surface area contributed by atoms with Crippen molar-refractivity contribution in [2.75, 3.05) is 32.7 Å². The van der Waals surface area contributed by atoms with Crippen LogP contribution in [0.3, 0.4) is 0 Å². The van der Waals surface area contributed by atoms with Crippen LogP contribution >= 0.6 is 0 Å². The standard InChI is InChI=1S/C21H31N3O2/c1-2-7-20(25)23-11-6-10-17(13-23)21(26)24-14-18(12-22)19(15-24)16-8-4-3-5-9-16/h3-5,8-9,17-19H,2,6-7,10-15,22H2,1H3/t17?,18-,19+/m1/s1. The molecule has 2 aliphatic rings. The molecule has 142 valence electrons. The highest BCUT2D eigenvalue weighted by atomic mass is 16.2. The Kier molecular flexibility index (Phi) is 6.30. The van der Waals surface area contributed by atoms with Crippen molar-refractivity contribution in [2.24, 2.45) is 17.6 Å². The van der Waals surface area contributed by atoms with Crippen molar-refractivity contribution in [1.29, 1.82) is 0 Å². The number of likely N-dealkylation sites (tertiary alicyclic amines) is 2.